The van der Waals surface area contributed by atoms with Crippen LogP contribution in [-0.2, 0) is 0 Å². The quantitative estimate of drug-likeness (QED) is 0.714. The minimum atomic E-state index is -0.351. The van der Waals surface area contributed by atoms with Crippen molar-refractivity contribution in [3.63, 3.8) is 0 Å². The van der Waals surface area contributed by atoms with Crippen LogP contribution in [0.5, 0.6) is 0 Å². The minimum absolute atomic E-state index is 0.246. The van der Waals surface area contributed by atoms with Crippen molar-refractivity contribution in [3.8, 4) is 0 Å². The Kier molecular flexibility index (Phi) is 2.69. The van der Waals surface area contributed by atoms with Gasteiger partial charge in [0.25, 0.3) is 5.56 Å². The molecule has 3 aromatic rings. The van der Waals surface area contributed by atoms with Gasteiger partial charge >= 0.3 is 0 Å². The van der Waals surface area contributed by atoms with Crippen LogP contribution in [0.25, 0.3) is 10.9 Å². The number of anilines is 1. The van der Waals surface area contributed by atoms with Crippen LogP contribution >= 0.6 is 0 Å². The molecule has 0 fully saturated rings. The first kappa shape index (κ1) is 12.6. The average molecular weight is 291 g/mol. The van der Waals surface area contributed by atoms with Crippen LogP contribution in [-0.4, -0.2) is 15.5 Å². The van der Waals surface area contributed by atoms with Gasteiger partial charge in [-0.15, -0.1) is 0 Å². The molecule has 3 N–H and O–H groups in total. The van der Waals surface area contributed by atoms with E-state index in [1.165, 1.54) is 0 Å². The second-order valence-electron chi connectivity index (χ2n) is 5.05. The zero-order valence-corrected chi connectivity index (χ0v) is 11.6. The third-order valence-corrected chi connectivity index (χ3v) is 3.67. The summed E-state index contributed by atoms with van der Waals surface area (Å²) in [5.74, 6) is 0.654. The maximum Gasteiger partial charge on any atom is 0.282 e. The van der Waals surface area contributed by atoms with E-state index < -0.39 is 0 Å². The number of fused-ring (bicyclic) bond motifs is 3. The Hall–Kier alpha value is -3.15. The highest BCUT2D eigenvalue weighted by Crippen LogP contribution is 2.29. The zero-order valence-electron chi connectivity index (χ0n) is 11.6. The summed E-state index contributed by atoms with van der Waals surface area (Å²) >= 11 is 0. The fourth-order valence-electron chi connectivity index (χ4n) is 2.71. The van der Waals surface area contributed by atoms with Crippen molar-refractivity contribution in [1.29, 1.82) is 0 Å². The lowest BCUT2D eigenvalue weighted by Gasteiger charge is -2.27. The Morgan fingerprint density at radius 2 is 1.77 bits per heavy atom. The van der Waals surface area contributed by atoms with E-state index in [1.807, 2.05) is 53.1 Å². The molecule has 4 rings (SSSR count). The number of rotatable bonds is 1. The number of hydrogen-bond acceptors (Lipinski definition) is 5. The molecule has 2 aromatic carbocycles. The largest absolute Gasteiger partial charge is 0.370 e. The first-order valence-corrected chi connectivity index (χ1v) is 6.90. The van der Waals surface area contributed by atoms with Crippen LogP contribution in [0.3, 0.4) is 0 Å². The zero-order chi connectivity index (χ0) is 15.1. The monoisotopic (exact) mass is 291 g/mol. The topological polar surface area (TPSA) is 85.3 Å². The fraction of sp³-hybridized carbons (Fsp3) is 0.0625. The molecular formula is C16H13N5O. The van der Waals surface area contributed by atoms with Gasteiger partial charge in [0.1, 0.15) is 0 Å². The maximum atomic E-state index is 12.2. The Bertz CT molecular complexity index is 946. The van der Waals surface area contributed by atoms with Gasteiger partial charge in [-0.1, -0.05) is 42.5 Å². The molecule has 0 amide bonds. The van der Waals surface area contributed by atoms with Gasteiger partial charge in [0.15, 0.2) is 12.1 Å². The summed E-state index contributed by atoms with van der Waals surface area (Å²) in [5.41, 5.74) is 7.32. The normalized spacial score (nSPS) is 16.7. The molecule has 108 valence electrons. The summed E-state index contributed by atoms with van der Waals surface area (Å²) in [4.78, 5) is 20.7. The van der Waals surface area contributed by atoms with Gasteiger partial charge < -0.3 is 5.73 Å². The molecule has 0 bridgehead atoms. The lowest BCUT2D eigenvalue weighted by Crippen LogP contribution is -2.34. The van der Waals surface area contributed by atoms with Crippen LogP contribution < -0.4 is 16.6 Å². The van der Waals surface area contributed by atoms with Gasteiger partial charge in [0.05, 0.1) is 10.9 Å². The number of nitrogens with zero attached hydrogens (tertiary/aromatic N) is 3. The fourth-order valence-corrected chi connectivity index (χ4v) is 2.71. The van der Waals surface area contributed by atoms with Gasteiger partial charge in [-0.2, -0.15) is 4.98 Å². The molecule has 2 heterocycles. The van der Waals surface area contributed by atoms with Crippen molar-refractivity contribution in [2.24, 2.45) is 10.7 Å². The van der Waals surface area contributed by atoms with Crippen molar-refractivity contribution in [2.75, 3.05) is 5.32 Å². The first-order valence-electron chi connectivity index (χ1n) is 6.90. The van der Waals surface area contributed by atoms with E-state index in [-0.39, 0.29) is 17.7 Å². The number of benzene rings is 2. The Morgan fingerprint density at radius 1 is 1.05 bits per heavy atom. The highest BCUT2D eigenvalue weighted by Gasteiger charge is 2.24. The molecule has 1 aromatic heterocycles. The molecule has 0 radical (unpaired) electrons. The van der Waals surface area contributed by atoms with Crippen LogP contribution in [0.4, 0.5) is 5.95 Å². The molecule has 0 unspecified atom stereocenters. The average Bonchev–Trinajstić information content (AvgIpc) is 2.55. The summed E-state index contributed by atoms with van der Waals surface area (Å²) in [6.07, 6.45) is -0.351. The number of guanidine groups is 1. The van der Waals surface area contributed by atoms with E-state index in [0.717, 1.165) is 11.1 Å². The minimum Gasteiger partial charge on any atom is -0.370 e. The lowest BCUT2D eigenvalue weighted by molar-refractivity contribution is 0.616. The summed E-state index contributed by atoms with van der Waals surface area (Å²) in [7, 11) is 0. The number of aliphatic imine (C=N–C) groups is 1. The summed E-state index contributed by atoms with van der Waals surface area (Å²) in [6, 6.07) is 17.1. The molecule has 1 aliphatic heterocycles. The summed E-state index contributed by atoms with van der Waals surface area (Å²) in [5, 5.41) is 3.43. The SMILES string of the molecule is NC1=N[C@H](c2ccccc2)n2c(nc(=O)c3ccccc32)N1. The van der Waals surface area contributed by atoms with E-state index in [2.05, 4.69) is 15.3 Å². The van der Waals surface area contributed by atoms with Gasteiger partial charge in [-0.25, -0.2) is 4.99 Å². The molecule has 1 aliphatic rings. The van der Waals surface area contributed by atoms with Gasteiger partial charge in [-0.05, 0) is 17.7 Å². The molecule has 0 aliphatic carbocycles. The molecule has 6 heteroatoms. The third-order valence-electron chi connectivity index (χ3n) is 3.67. The lowest BCUT2D eigenvalue weighted by atomic mass is 10.1. The van der Waals surface area contributed by atoms with Crippen molar-refractivity contribution >= 4 is 22.8 Å². The highest BCUT2D eigenvalue weighted by atomic mass is 16.1. The molecule has 0 spiro atoms. The van der Waals surface area contributed by atoms with Crippen molar-refractivity contribution in [2.45, 2.75) is 6.17 Å². The number of nitrogens with one attached hydrogen (secondary N) is 1. The Morgan fingerprint density at radius 3 is 2.59 bits per heavy atom. The van der Waals surface area contributed by atoms with E-state index in [0.29, 0.717) is 11.3 Å². The van der Waals surface area contributed by atoms with E-state index in [4.69, 9.17) is 5.73 Å². The Labute approximate surface area is 125 Å². The molecule has 0 saturated carbocycles. The van der Waals surface area contributed by atoms with Crippen LogP contribution in [0.1, 0.15) is 11.7 Å². The van der Waals surface area contributed by atoms with Gasteiger partial charge in [-0.3, -0.25) is 14.7 Å². The molecule has 6 nitrogen and oxygen atoms in total. The van der Waals surface area contributed by atoms with E-state index in [1.54, 1.807) is 6.07 Å². The van der Waals surface area contributed by atoms with E-state index >= 15 is 0 Å². The number of nitrogens with two attached hydrogens (primary N) is 1. The number of hydrogen-bond donors (Lipinski definition) is 2. The Balaban J connectivity index is 2.06. The molecule has 0 saturated heterocycles. The molecular weight excluding hydrogens is 278 g/mol. The maximum absolute atomic E-state index is 12.2. The van der Waals surface area contributed by atoms with Crippen LogP contribution in [0.15, 0.2) is 64.4 Å². The van der Waals surface area contributed by atoms with Gasteiger partial charge in [0, 0.05) is 0 Å². The summed E-state index contributed by atoms with van der Waals surface area (Å²) < 4.78 is 1.89. The van der Waals surface area contributed by atoms with Crippen molar-refractivity contribution in [3.05, 3.63) is 70.5 Å². The first-order chi connectivity index (χ1) is 10.7. The second-order valence-corrected chi connectivity index (χ2v) is 5.05. The van der Waals surface area contributed by atoms with E-state index in [9.17, 15) is 4.79 Å². The van der Waals surface area contributed by atoms with Crippen LogP contribution in [0, 0.1) is 0 Å². The van der Waals surface area contributed by atoms with Crippen LogP contribution in [0.2, 0.25) is 0 Å². The molecule has 1 atom stereocenters. The van der Waals surface area contributed by atoms with Gasteiger partial charge in [0.2, 0.25) is 5.95 Å². The molecule has 22 heavy (non-hydrogen) atoms. The number of para-hydroxylation sites is 1. The highest BCUT2D eigenvalue weighted by molar-refractivity contribution is 5.93. The predicted octanol–water partition coefficient (Wildman–Crippen LogP) is 1.68. The third kappa shape index (κ3) is 1.85. The van der Waals surface area contributed by atoms with Crippen molar-refractivity contribution < 1.29 is 0 Å². The standard InChI is InChI=1S/C16H13N5O/c17-15-18-13(10-6-2-1-3-7-10)21-12-9-5-4-8-11(12)14(22)19-16(21)20-15/h1-9,13H,(H3,17,18,19,20,22)/t13-/m0/s1. The summed E-state index contributed by atoms with van der Waals surface area (Å²) in [6.45, 7) is 0. The predicted molar refractivity (Wildman–Crippen MR) is 85.8 cm³/mol. The second kappa shape index (κ2) is 4.70. The smallest absolute Gasteiger partial charge is 0.282 e. The van der Waals surface area contributed by atoms with Crippen molar-refractivity contribution in [1.82, 2.24) is 9.55 Å². The number of aromatic nitrogens is 2.